The quantitative estimate of drug-likeness (QED) is 0.778. The van der Waals surface area contributed by atoms with Gasteiger partial charge in [-0.25, -0.2) is 4.98 Å². The van der Waals surface area contributed by atoms with E-state index in [2.05, 4.69) is 39.8 Å². The molecule has 0 aliphatic rings. The van der Waals surface area contributed by atoms with Gasteiger partial charge in [0.2, 0.25) is 0 Å². The summed E-state index contributed by atoms with van der Waals surface area (Å²) < 4.78 is 0. The fraction of sp³-hybridized carbons (Fsp3) is 0.200. The van der Waals surface area contributed by atoms with Gasteiger partial charge < -0.3 is 4.98 Å². The minimum atomic E-state index is 0.894. The van der Waals surface area contributed by atoms with E-state index >= 15 is 0 Å². The van der Waals surface area contributed by atoms with Crippen molar-refractivity contribution in [1.29, 1.82) is 0 Å². The summed E-state index contributed by atoms with van der Waals surface area (Å²) in [6.45, 7) is 4.11. The van der Waals surface area contributed by atoms with E-state index in [-0.39, 0.29) is 0 Å². The third-order valence-electron chi connectivity index (χ3n) is 3.11. The fourth-order valence-corrected chi connectivity index (χ4v) is 2.70. The van der Waals surface area contributed by atoms with Crippen molar-refractivity contribution in [2.75, 3.05) is 0 Å². The highest BCUT2D eigenvalue weighted by Crippen LogP contribution is 2.27. The van der Waals surface area contributed by atoms with Crippen molar-refractivity contribution in [3.63, 3.8) is 0 Å². The topological polar surface area (TPSA) is 41.6 Å². The van der Waals surface area contributed by atoms with Crippen molar-refractivity contribution in [3.8, 4) is 22.6 Å². The lowest BCUT2D eigenvalue weighted by molar-refractivity contribution is 1.07. The first-order valence-corrected chi connectivity index (χ1v) is 7.26. The Kier molecular flexibility index (Phi) is 3.17. The molecule has 0 unspecified atom stereocenters. The number of rotatable bonds is 3. The first-order valence-electron chi connectivity index (χ1n) is 6.32. The van der Waals surface area contributed by atoms with E-state index in [9.17, 15) is 0 Å². The summed E-state index contributed by atoms with van der Waals surface area (Å²) in [5.74, 6) is 0.894. The molecule has 0 saturated heterocycles. The highest BCUT2D eigenvalue weighted by atomic mass is 32.1. The van der Waals surface area contributed by atoms with E-state index in [1.54, 1.807) is 11.3 Å². The maximum absolute atomic E-state index is 4.69. The SMILES string of the molecule is CCc1nc(-c2ccc(C)nc2)[nH]c1-c1ccsc1. The van der Waals surface area contributed by atoms with Crippen molar-refractivity contribution >= 4 is 11.3 Å². The molecule has 0 amide bonds. The van der Waals surface area contributed by atoms with Gasteiger partial charge in [-0.05, 0) is 36.9 Å². The Balaban J connectivity index is 2.07. The van der Waals surface area contributed by atoms with Crippen molar-refractivity contribution in [2.45, 2.75) is 20.3 Å². The van der Waals surface area contributed by atoms with Crippen molar-refractivity contribution in [3.05, 3.63) is 46.5 Å². The predicted octanol–water partition coefficient (Wildman–Crippen LogP) is 4.07. The van der Waals surface area contributed by atoms with Crippen molar-refractivity contribution in [2.24, 2.45) is 0 Å². The van der Waals surface area contributed by atoms with Gasteiger partial charge in [0.25, 0.3) is 0 Å². The minimum Gasteiger partial charge on any atom is -0.338 e. The van der Waals surface area contributed by atoms with Crippen LogP contribution in [0, 0.1) is 6.92 Å². The number of pyridine rings is 1. The van der Waals surface area contributed by atoms with Gasteiger partial charge >= 0.3 is 0 Å². The molecule has 3 aromatic heterocycles. The Labute approximate surface area is 116 Å². The second kappa shape index (κ2) is 4.97. The molecule has 3 heterocycles. The standard InChI is InChI=1S/C15H15N3S/c1-3-13-14(12-6-7-19-9-12)18-15(17-13)11-5-4-10(2)16-8-11/h4-9H,3H2,1-2H3,(H,17,18). The van der Waals surface area contributed by atoms with E-state index in [4.69, 9.17) is 4.98 Å². The molecule has 19 heavy (non-hydrogen) atoms. The number of nitrogens with one attached hydrogen (secondary N) is 1. The average molecular weight is 269 g/mol. The van der Waals surface area contributed by atoms with Crippen LogP contribution >= 0.6 is 11.3 Å². The molecule has 0 aliphatic heterocycles. The number of H-pyrrole nitrogens is 1. The monoisotopic (exact) mass is 269 g/mol. The molecule has 3 nitrogen and oxygen atoms in total. The molecule has 4 heteroatoms. The van der Waals surface area contributed by atoms with Crippen LogP contribution in [0.15, 0.2) is 35.2 Å². The van der Waals surface area contributed by atoms with Crippen LogP contribution in [0.2, 0.25) is 0 Å². The Morgan fingerprint density at radius 2 is 2.11 bits per heavy atom. The Morgan fingerprint density at radius 3 is 2.74 bits per heavy atom. The van der Waals surface area contributed by atoms with E-state index in [1.807, 2.05) is 19.2 Å². The van der Waals surface area contributed by atoms with E-state index in [0.717, 1.165) is 34.9 Å². The molecule has 3 rings (SSSR count). The maximum Gasteiger partial charge on any atom is 0.139 e. The van der Waals surface area contributed by atoms with Gasteiger partial charge in [-0.1, -0.05) is 6.92 Å². The van der Waals surface area contributed by atoms with Crippen LogP contribution in [0.4, 0.5) is 0 Å². The average Bonchev–Trinajstić information content (AvgIpc) is 3.08. The highest BCUT2D eigenvalue weighted by Gasteiger charge is 2.12. The molecule has 0 radical (unpaired) electrons. The van der Waals surface area contributed by atoms with Gasteiger partial charge in [0, 0.05) is 28.4 Å². The number of aromatic nitrogens is 3. The lowest BCUT2D eigenvalue weighted by Crippen LogP contribution is -1.85. The summed E-state index contributed by atoms with van der Waals surface area (Å²) in [5.41, 5.74) is 5.49. The van der Waals surface area contributed by atoms with Crippen LogP contribution in [-0.2, 0) is 6.42 Å². The summed E-state index contributed by atoms with van der Waals surface area (Å²) in [6.07, 6.45) is 2.78. The highest BCUT2D eigenvalue weighted by molar-refractivity contribution is 7.08. The summed E-state index contributed by atoms with van der Waals surface area (Å²) in [5, 5.41) is 4.23. The van der Waals surface area contributed by atoms with Gasteiger partial charge in [0.1, 0.15) is 5.82 Å². The minimum absolute atomic E-state index is 0.894. The number of aryl methyl sites for hydroxylation is 2. The van der Waals surface area contributed by atoms with Gasteiger partial charge in [-0.3, -0.25) is 4.98 Å². The summed E-state index contributed by atoms with van der Waals surface area (Å²) in [4.78, 5) is 12.4. The van der Waals surface area contributed by atoms with E-state index in [1.165, 1.54) is 5.56 Å². The summed E-state index contributed by atoms with van der Waals surface area (Å²) in [7, 11) is 0. The molecular weight excluding hydrogens is 254 g/mol. The molecule has 0 bridgehead atoms. The number of hydrogen-bond acceptors (Lipinski definition) is 3. The number of hydrogen-bond donors (Lipinski definition) is 1. The normalized spacial score (nSPS) is 10.8. The first-order chi connectivity index (χ1) is 9.28. The van der Waals surface area contributed by atoms with Gasteiger partial charge in [-0.15, -0.1) is 0 Å². The number of aromatic amines is 1. The maximum atomic E-state index is 4.69. The Morgan fingerprint density at radius 1 is 1.21 bits per heavy atom. The van der Waals surface area contributed by atoms with Crippen LogP contribution in [0.25, 0.3) is 22.6 Å². The van der Waals surface area contributed by atoms with Crippen molar-refractivity contribution in [1.82, 2.24) is 15.0 Å². The molecule has 0 fully saturated rings. The van der Waals surface area contributed by atoms with E-state index < -0.39 is 0 Å². The zero-order valence-corrected chi connectivity index (χ0v) is 11.8. The molecule has 0 aromatic carbocycles. The Hall–Kier alpha value is -1.94. The van der Waals surface area contributed by atoms with Crippen LogP contribution in [0.1, 0.15) is 18.3 Å². The molecule has 1 N–H and O–H groups in total. The number of nitrogens with zero attached hydrogens (tertiary/aromatic N) is 2. The molecule has 0 saturated carbocycles. The lowest BCUT2D eigenvalue weighted by atomic mass is 10.2. The molecule has 0 atom stereocenters. The third-order valence-corrected chi connectivity index (χ3v) is 3.79. The molecule has 96 valence electrons. The number of thiophene rings is 1. The van der Waals surface area contributed by atoms with Crippen LogP contribution in [0.3, 0.4) is 0 Å². The number of imidazole rings is 1. The van der Waals surface area contributed by atoms with E-state index in [0.29, 0.717) is 0 Å². The third kappa shape index (κ3) is 2.31. The van der Waals surface area contributed by atoms with Crippen LogP contribution < -0.4 is 0 Å². The molecule has 0 spiro atoms. The van der Waals surface area contributed by atoms with Crippen LogP contribution in [0.5, 0.6) is 0 Å². The molecule has 3 aromatic rings. The smallest absolute Gasteiger partial charge is 0.139 e. The van der Waals surface area contributed by atoms with Gasteiger partial charge in [-0.2, -0.15) is 11.3 Å². The first kappa shape index (κ1) is 12.1. The predicted molar refractivity (Wildman–Crippen MR) is 79.2 cm³/mol. The fourth-order valence-electron chi connectivity index (χ4n) is 2.06. The van der Waals surface area contributed by atoms with Gasteiger partial charge in [0.15, 0.2) is 0 Å². The lowest BCUT2D eigenvalue weighted by Gasteiger charge is -1.97. The second-order valence-corrected chi connectivity index (χ2v) is 5.24. The summed E-state index contributed by atoms with van der Waals surface area (Å²) >= 11 is 1.70. The second-order valence-electron chi connectivity index (χ2n) is 4.46. The molecular formula is C15H15N3S. The molecule has 0 aliphatic carbocycles. The largest absolute Gasteiger partial charge is 0.338 e. The van der Waals surface area contributed by atoms with Crippen molar-refractivity contribution < 1.29 is 0 Å². The van der Waals surface area contributed by atoms with Crippen LogP contribution in [-0.4, -0.2) is 15.0 Å². The zero-order valence-electron chi connectivity index (χ0n) is 11.0. The summed E-state index contributed by atoms with van der Waals surface area (Å²) in [6, 6.07) is 6.18. The Bertz CT molecular complexity index is 666. The van der Waals surface area contributed by atoms with Gasteiger partial charge in [0.05, 0.1) is 11.4 Å². The zero-order chi connectivity index (χ0) is 13.2.